The Labute approximate surface area is 57.8 Å². The van der Waals surface area contributed by atoms with E-state index >= 15 is 0 Å². The van der Waals surface area contributed by atoms with Gasteiger partial charge in [0, 0.05) is 6.54 Å². The molecule has 0 spiro atoms. The Morgan fingerprint density at radius 3 is 2.50 bits per heavy atom. The van der Waals surface area contributed by atoms with Crippen LogP contribution in [0.5, 0.6) is 0 Å². The number of carboxylic acid groups (broad SMARTS) is 1. The number of carbonyl (C=O) groups is 1. The van der Waals surface area contributed by atoms with Crippen molar-refractivity contribution in [2.24, 2.45) is 5.73 Å². The molecular weight excluding hydrogens is 136 g/mol. The van der Waals surface area contributed by atoms with Crippen molar-refractivity contribution in [2.45, 2.75) is 18.2 Å². The van der Waals surface area contributed by atoms with Crippen LogP contribution >= 0.6 is 0 Å². The summed E-state index contributed by atoms with van der Waals surface area (Å²) in [6, 6.07) is -1.48. The van der Waals surface area contributed by atoms with Gasteiger partial charge in [0.25, 0.3) is 0 Å². The molecule has 0 aromatic rings. The fourth-order valence-electron chi connectivity index (χ4n) is 0.994. The average Bonchev–Trinajstić information content (AvgIpc) is 2.14. The largest absolute Gasteiger partial charge is 0.480 e. The molecule has 1 aliphatic heterocycles. The van der Waals surface area contributed by atoms with Gasteiger partial charge in [0.15, 0.2) is 0 Å². The summed E-state index contributed by atoms with van der Waals surface area (Å²) in [6.07, 6.45) is -0.735. The zero-order chi connectivity index (χ0) is 7.72. The van der Waals surface area contributed by atoms with E-state index in [1.165, 1.54) is 0 Å². The summed E-state index contributed by atoms with van der Waals surface area (Å²) in [5.74, 6) is -1.01. The number of carboxylic acids is 1. The van der Waals surface area contributed by atoms with Crippen LogP contribution in [-0.4, -0.2) is 40.9 Å². The molecule has 5 nitrogen and oxygen atoms in total. The molecule has 0 radical (unpaired) electrons. The lowest BCUT2D eigenvalue weighted by molar-refractivity contribution is -0.139. The van der Waals surface area contributed by atoms with Gasteiger partial charge in [-0.3, -0.25) is 4.79 Å². The highest BCUT2D eigenvalue weighted by molar-refractivity contribution is 5.75. The van der Waals surface area contributed by atoms with E-state index in [1.807, 2.05) is 0 Å². The number of nitrogens with two attached hydrogens (primary N) is 1. The number of hydrogen-bond donors (Lipinski definition) is 4. The van der Waals surface area contributed by atoms with E-state index in [0.29, 0.717) is 0 Å². The quantitative estimate of drug-likeness (QED) is 0.334. The van der Waals surface area contributed by atoms with Crippen LogP contribution in [0.25, 0.3) is 0 Å². The number of β-amino-alcohol motifs (C(OH)–C–C–N with tert-alkyl or cyclic N) is 1. The highest BCUT2D eigenvalue weighted by atomic mass is 16.4. The van der Waals surface area contributed by atoms with Crippen molar-refractivity contribution in [1.82, 2.24) is 5.32 Å². The summed E-state index contributed by atoms with van der Waals surface area (Å²) in [5.41, 5.74) is 5.33. The Kier molecular flexibility index (Phi) is 1.89. The highest BCUT2D eigenvalue weighted by Gasteiger charge is 2.36. The Bertz CT molecular complexity index is 150. The van der Waals surface area contributed by atoms with E-state index in [0.717, 1.165) is 0 Å². The minimum atomic E-state index is -1.01. The SMILES string of the molecule is NC1C(O)CNC1C(=O)O. The first-order valence-corrected chi connectivity index (χ1v) is 3.03. The highest BCUT2D eigenvalue weighted by Crippen LogP contribution is 2.04. The van der Waals surface area contributed by atoms with Crippen molar-refractivity contribution in [1.29, 1.82) is 0 Å². The smallest absolute Gasteiger partial charge is 0.322 e. The first-order valence-electron chi connectivity index (χ1n) is 3.03. The number of nitrogens with one attached hydrogen (secondary N) is 1. The van der Waals surface area contributed by atoms with Crippen molar-refractivity contribution in [2.75, 3.05) is 6.54 Å². The number of aliphatic hydroxyl groups excluding tert-OH is 1. The van der Waals surface area contributed by atoms with Crippen LogP contribution in [0.2, 0.25) is 0 Å². The maximum absolute atomic E-state index is 10.3. The molecule has 0 aromatic carbocycles. The van der Waals surface area contributed by atoms with E-state index < -0.39 is 24.2 Å². The predicted molar refractivity (Wildman–Crippen MR) is 33.4 cm³/mol. The fourth-order valence-corrected chi connectivity index (χ4v) is 0.994. The fraction of sp³-hybridized carbons (Fsp3) is 0.800. The summed E-state index contributed by atoms with van der Waals surface area (Å²) >= 11 is 0. The zero-order valence-electron chi connectivity index (χ0n) is 5.32. The summed E-state index contributed by atoms with van der Waals surface area (Å²) in [7, 11) is 0. The Morgan fingerprint density at radius 1 is 1.70 bits per heavy atom. The van der Waals surface area contributed by atoms with Gasteiger partial charge >= 0.3 is 5.97 Å². The van der Waals surface area contributed by atoms with Gasteiger partial charge in [-0.2, -0.15) is 0 Å². The molecule has 0 aromatic heterocycles. The number of rotatable bonds is 1. The molecule has 0 bridgehead atoms. The lowest BCUT2D eigenvalue weighted by atomic mass is 10.1. The van der Waals surface area contributed by atoms with Crippen LogP contribution in [0, 0.1) is 0 Å². The molecule has 1 rings (SSSR count). The van der Waals surface area contributed by atoms with E-state index in [4.69, 9.17) is 15.9 Å². The van der Waals surface area contributed by atoms with Crippen LogP contribution in [0.15, 0.2) is 0 Å². The molecule has 1 aliphatic rings. The Hall–Kier alpha value is -0.650. The first kappa shape index (κ1) is 7.46. The van der Waals surface area contributed by atoms with Gasteiger partial charge in [0.1, 0.15) is 6.04 Å². The molecule has 0 aliphatic carbocycles. The Balaban J connectivity index is 2.57. The molecule has 1 saturated heterocycles. The van der Waals surface area contributed by atoms with E-state index in [9.17, 15) is 4.79 Å². The standard InChI is InChI=1S/C5H10N2O3/c6-3-2(8)1-7-4(3)5(9)10/h2-4,7-8H,1,6H2,(H,9,10). The molecule has 0 saturated carbocycles. The van der Waals surface area contributed by atoms with Gasteiger partial charge in [-0.05, 0) is 0 Å². The van der Waals surface area contributed by atoms with Crippen LogP contribution in [-0.2, 0) is 4.79 Å². The van der Waals surface area contributed by atoms with E-state index in [1.54, 1.807) is 0 Å². The second-order valence-electron chi connectivity index (χ2n) is 2.37. The second-order valence-corrected chi connectivity index (χ2v) is 2.37. The van der Waals surface area contributed by atoms with Gasteiger partial charge < -0.3 is 21.3 Å². The third kappa shape index (κ3) is 1.11. The third-order valence-electron chi connectivity index (χ3n) is 1.64. The van der Waals surface area contributed by atoms with Crippen LogP contribution in [0.3, 0.4) is 0 Å². The molecule has 5 N–H and O–H groups in total. The van der Waals surface area contributed by atoms with Gasteiger partial charge in [0.05, 0.1) is 12.1 Å². The van der Waals surface area contributed by atoms with E-state index in [2.05, 4.69) is 5.32 Å². The van der Waals surface area contributed by atoms with Gasteiger partial charge in [0.2, 0.25) is 0 Å². The number of aliphatic carboxylic acids is 1. The monoisotopic (exact) mass is 146 g/mol. The molecule has 58 valence electrons. The van der Waals surface area contributed by atoms with Gasteiger partial charge in [-0.25, -0.2) is 0 Å². The van der Waals surface area contributed by atoms with Crippen molar-refractivity contribution in [3.8, 4) is 0 Å². The van der Waals surface area contributed by atoms with Crippen LogP contribution < -0.4 is 11.1 Å². The lowest BCUT2D eigenvalue weighted by Crippen LogP contribution is -2.45. The first-order chi connectivity index (χ1) is 4.63. The molecule has 0 amide bonds. The van der Waals surface area contributed by atoms with E-state index in [-0.39, 0.29) is 6.54 Å². The topological polar surface area (TPSA) is 95.6 Å². The maximum atomic E-state index is 10.3. The minimum absolute atomic E-state index is 0.262. The predicted octanol–water partition coefficient (Wildman–Crippen LogP) is -2.27. The van der Waals surface area contributed by atoms with Crippen molar-refractivity contribution < 1.29 is 15.0 Å². The molecule has 3 atom stereocenters. The number of aliphatic hydroxyl groups is 1. The summed E-state index contributed by atoms with van der Waals surface area (Å²) < 4.78 is 0. The van der Waals surface area contributed by atoms with Crippen molar-refractivity contribution in [3.63, 3.8) is 0 Å². The lowest BCUT2D eigenvalue weighted by Gasteiger charge is -2.11. The van der Waals surface area contributed by atoms with Crippen molar-refractivity contribution in [3.05, 3.63) is 0 Å². The summed E-state index contributed by atoms with van der Waals surface area (Å²) in [6.45, 7) is 0.262. The molecule has 1 heterocycles. The summed E-state index contributed by atoms with van der Waals surface area (Å²) in [5, 5.41) is 20.0. The maximum Gasteiger partial charge on any atom is 0.322 e. The molecule has 3 unspecified atom stereocenters. The van der Waals surface area contributed by atoms with Crippen LogP contribution in [0.4, 0.5) is 0 Å². The zero-order valence-corrected chi connectivity index (χ0v) is 5.32. The molecule has 1 fully saturated rings. The molecule has 5 heteroatoms. The van der Waals surface area contributed by atoms with Crippen LogP contribution in [0.1, 0.15) is 0 Å². The molecule has 10 heavy (non-hydrogen) atoms. The number of hydrogen-bond acceptors (Lipinski definition) is 4. The minimum Gasteiger partial charge on any atom is -0.480 e. The second kappa shape index (κ2) is 2.53. The summed E-state index contributed by atoms with van der Waals surface area (Å²) in [4.78, 5) is 10.3. The normalized spacial score (nSPS) is 40.0. The third-order valence-corrected chi connectivity index (χ3v) is 1.64. The average molecular weight is 146 g/mol. The van der Waals surface area contributed by atoms with Gasteiger partial charge in [-0.15, -0.1) is 0 Å². The van der Waals surface area contributed by atoms with Gasteiger partial charge in [-0.1, -0.05) is 0 Å². The van der Waals surface area contributed by atoms with Crippen molar-refractivity contribution >= 4 is 5.97 Å². The molecular formula is C5H10N2O3. The Morgan fingerprint density at radius 2 is 2.30 bits per heavy atom.